The van der Waals surface area contributed by atoms with Gasteiger partial charge in [0.1, 0.15) is 16.4 Å². The highest BCUT2D eigenvalue weighted by Crippen LogP contribution is 2.25. The number of carbonyl (C=O) groups excluding carboxylic acids is 2. The molecule has 0 aliphatic rings. The smallest absolute Gasteiger partial charge is 0.339 e. The minimum Gasteiger partial charge on any atom is -0.467 e. The van der Waals surface area contributed by atoms with Crippen molar-refractivity contribution in [2.75, 3.05) is 5.32 Å². The molecule has 35 heavy (non-hydrogen) atoms. The van der Waals surface area contributed by atoms with E-state index in [9.17, 15) is 18.0 Å². The third-order valence-corrected chi connectivity index (χ3v) is 6.16. The molecule has 0 unspecified atom stereocenters. The number of rotatable bonds is 9. The third-order valence-electron chi connectivity index (χ3n) is 4.90. The molecule has 1 heterocycles. The van der Waals surface area contributed by atoms with E-state index in [0.717, 1.165) is 0 Å². The lowest BCUT2D eigenvalue weighted by molar-refractivity contribution is -0.134. The zero-order valence-electron chi connectivity index (χ0n) is 20.3. The number of benzene rings is 2. The average Bonchev–Trinajstić information content (AvgIpc) is 3.25. The molecule has 186 valence electrons. The van der Waals surface area contributed by atoms with E-state index < -0.39 is 10.1 Å². The number of amides is 2. The van der Waals surface area contributed by atoms with E-state index >= 15 is 0 Å². The molecule has 0 bridgehead atoms. The Balaban J connectivity index is 1.77. The van der Waals surface area contributed by atoms with E-state index in [-0.39, 0.29) is 34.4 Å². The largest absolute Gasteiger partial charge is 0.467 e. The molecule has 3 aromatic rings. The van der Waals surface area contributed by atoms with E-state index in [1.807, 2.05) is 20.8 Å². The molecule has 0 aliphatic heterocycles. The highest BCUT2D eigenvalue weighted by atomic mass is 32.2. The summed E-state index contributed by atoms with van der Waals surface area (Å²) in [5.74, 6) is 0.502. The minimum atomic E-state index is -4.09. The Labute approximate surface area is 206 Å². The maximum Gasteiger partial charge on any atom is 0.339 e. The molecule has 3 rings (SSSR count). The van der Waals surface area contributed by atoms with Crippen molar-refractivity contribution in [1.82, 2.24) is 4.90 Å². The maximum absolute atomic E-state index is 13.0. The minimum absolute atomic E-state index is 0.0351. The second-order valence-electron chi connectivity index (χ2n) is 9.46. The molecule has 0 radical (unpaired) electrons. The van der Waals surface area contributed by atoms with Gasteiger partial charge in [-0.15, -0.1) is 0 Å². The first-order valence-electron chi connectivity index (χ1n) is 11.1. The first kappa shape index (κ1) is 26.0. The topological polar surface area (TPSA) is 106 Å². The average molecular weight is 499 g/mol. The summed E-state index contributed by atoms with van der Waals surface area (Å²) in [5, 5.41) is 2.58. The van der Waals surface area contributed by atoms with E-state index in [1.165, 1.54) is 31.2 Å². The van der Waals surface area contributed by atoms with Crippen molar-refractivity contribution in [2.24, 2.45) is 5.41 Å². The van der Waals surface area contributed by atoms with Gasteiger partial charge in [0.15, 0.2) is 0 Å². The predicted octanol–water partition coefficient (Wildman–Crippen LogP) is 4.97. The van der Waals surface area contributed by atoms with Gasteiger partial charge in [0.05, 0.1) is 12.8 Å². The molecule has 1 N–H and O–H groups in total. The summed E-state index contributed by atoms with van der Waals surface area (Å²) in [6.45, 7) is 7.92. The molecule has 0 saturated heterocycles. The quantitative estimate of drug-likeness (QED) is 0.418. The monoisotopic (exact) mass is 498 g/mol. The normalized spacial score (nSPS) is 11.7. The number of anilines is 1. The van der Waals surface area contributed by atoms with Gasteiger partial charge in [0.2, 0.25) is 11.8 Å². The van der Waals surface area contributed by atoms with Crippen LogP contribution in [0.2, 0.25) is 0 Å². The highest BCUT2D eigenvalue weighted by molar-refractivity contribution is 7.87. The van der Waals surface area contributed by atoms with Gasteiger partial charge < -0.3 is 18.8 Å². The molecule has 2 aromatic carbocycles. The van der Waals surface area contributed by atoms with Gasteiger partial charge in [-0.25, -0.2) is 0 Å². The molecule has 0 atom stereocenters. The van der Waals surface area contributed by atoms with E-state index in [0.29, 0.717) is 30.0 Å². The van der Waals surface area contributed by atoms with Crippen LogP contribution >= 0.6 is 0 Å². The first-order valence-corrected chi connectivity index (χ1v) is 12.5. The van der Waals surface area contributed by atoms with Gasteiger partial charge >= 0.3 is 10.1 Å². The molecule has 0 aliphatic carbocycles. The summed E-state index contributed by atoms with van der Waals surface area (Å²) in [7, 11) is -4.09. The van der Waals surface area contributed by atoms with Gasteiger partial charge in [-0.2, -0.15) is 8.42 Å². The van der Waals surface area contributed by atoms with Crippen molar-refractivity contribution >= 4 is 27.6 Å². The Kier molecular flexibility index (Phi) is 8.01. The van der Waals surface area contributed by atoms with Gasteiger partial charge in [-0.3, -0.25) is 9.59 Å². The van der Waals surface area contributed by atoms with Crippen LogP contribution in [0, 0.1) is 5.41 Å². The van der Waals surface area contributed by atoms with Gasteiger partial charge in [0.25, 0.3) is 0 Å². The van der Waals surface area contributed by atoms with Crippen LogP contribution < -0.4 is 9.50 Å². The van der Waals surface area contributed by atoms with Crippen molar-refractivity contribution < 1.29 is 26.6 Å². The van der Waals surface area contributed by atoms with Crippen LogP contribution in [0.25, 0.3) is 0 Å². The molecular formula is C26H30N2O6S. The number of nitrogens with zero attached hydrogens (tertiary/aromatic N) is 1. The summed E-state index contributed by atoms with van der Waals surface area (Å²) in [6.07, 6.45) is 1.91. The predicted molar refractivity (Wildman–Crippen MR) is 132 cm³/mol. The Morgan fingerprint density at radius 1 is 1.00 bits per heavy atom. The van der Waals surface area contributed by atoms with Crippen LogP contribution in [-0.2, 0) is 32.8 Å². The number of hydrogen-bond donors (Lipinski definition) is 1. The number of carbonyl (C=O) groups is 2. The first-order chi connectivity index (χ1) is 16.4. The zero-order chi connectivity index (χ0) is 25.6. The number of hydrogen-bond acceptors (Lipinski definition) is 6. The van der Waals surface area contributed by atoms with E-state index in [4.69, 9.17) is 8.60 Å². The molecule has 9 heteroatoms. The summed E-state index contributed by atoms with van der Waals surface area (Å²) in [5.41, 5.74) is 1.01. The van der Waals surface area contributed by atoms with Crippen LogP contribution in [0.15, 0.2) is 76.2 Å². The molecular weight excluding hydrogens is 468 g/mol. The molecule has 0 saturated carbocycles. The van der Waals surface area contributed by atoms with Crippen LogP contribution in [0.5, 0.6) is 5.75 Å². The summed E-state index contributed by atoms with van der Waals surface area (Å²) in [4.78, 5) is 25.8. The fourth-order valence-corrected chi connectivity index (χ4v) is 4.31. The Morgan fingerprint density at radius 3 is 2.31 bits per heavy atom. The Morgan fingerprint density at radius 2 is 1.71 bits per heavy atom. The van der Waals surface area contributed by atoms with Crippen molar-refractivity contribution in [3.63, 3.8) is 0 Å². The second kappa shape index (κ2) is 10.8. The number of nitrogens with one attached hydrogen (secondary N) is 1. The number of furan rings is 1. The van der Waals surface area contributed by atoms with Crippen LogP contribution in [-0.4, -0.2) is 25.1 Å². The van der Waals surface area contributed by atoms with Crippen molar-refractivity contribution in [3.8, 4) is 5.75 Å². The summed E-state index contributed by atoms with van der Waals surface area (Å²) >= 11 is 0. The Bertz CT molecular complexity index is 1260. The van der Waals surface area contributed by atoms with Crippen molar-refractivity contribution in [1.29, 1.82) is 0 Å². The van der Waals surface area contributed by atoms with E-state index in [1.54, 1.807) is 47.6 Å². The van der Waals surface area contributed by atoms with Crippen LogP contribution in [0.4, 0.5) is 5.69 Å². The van der Waals surface area contributed by atoms with E-state index in [2.05, 4.69) is 5.32 Å². The molecule has 0 fully saturated rings. The summed E-state index contributed by atoms with van der Waals surface area (Å²) < 4.78 is 36.3. The highest BCUT2D eigenvalue weighted by Gasteiger charge is 2.23. The van der Waals surface area contributed by atoms with Crippen molar-refractivity contribution in [3.05, 3.63) is 78.3 Å². The standard InChI is InChI=1S/C26H30N2O6S/c1-19(29)27-21-10-12-24(13-11-21)35(31,32)34-22-8-5-7-20(15-22)17-28(18-23-9-6-14-33-23)25(30)16-26(2,3)4/h5-15H,16-18H2,1-4H3,(H,27,29). The second-order valence-corrected chi connectivity index (χ2v) is 11.0. The fraction of sp³-hybridized carbons (Fsp3) is 0.308. The lowest BCUT2D eigenvalue weighted by Crippen LogP contribution is -2.32. The lowest BCUT2D eigenvalue weighted by atomic mass is 9.91. The zero-order valence-corrected chi connectivity index (χ0v) is 21.1. The molecule has 1 aromatic heterocycles. The third kappa shape index (κ3) is 7.99. The fourth-order valence-electron chi connectivity index (χ4n) is 3.39. The molecule has 2 amide bonds. The van der Waals surface area contributed by atoms with Gasteiger partial charge in [0, 0.05) is 25.6 Å². The summed E-state index contributed by atoms with van der Waals surface area (Å²) in [6, 6.07) is 15.9. The van der Waals surface area contributed by atoms with Gasteiger partial charge in [-0.1, -0.05) is 32.9 Å². The Hall–Kier alpha value is -3.59. The molecule has 0 spiro atoms. The van der Waals surface area contributed by atoms with Gasteiger partial charge in [-0.05, 0) is 59.5 Å². The lowest BCUT2D eigenvalue weighted by Gasteiger charge is -2.26. The SMILES string of the molecule is CC(=O)Nc1ccc(S(=O)(=O)Oc2cccc(CN(Cc3ccco3)C(=O)CC(C)(C)C)c2)cc1. The van der Waals surface area contributed by atoms with Crippen LogP contribution in [0.3, 0.4) is 0 Å². The molecule has 8 nitrogen and oxygen atoms in total. The maximum atomic E-state index is 13.0. The van der Waals surface area contributed by atoms with Crippen LogP contribution in [0.1, 0.15) is 45.4 Å². The van der Waals surface area contributed by atoms with Crippen molar-refractivity contribution in [2.45, 2.75) is 52.1 Å².